The highest BCUT2D eigenvalue weighted by Gasteiger charge is 2.28. The number of nitrogens with zero attached hydrogens (tertiary/aromatic N) is 2. The normalized spacial score (nSPS) is 11.5. The minimum Gasteiger partial charge on any atom is -0.323 e. The van der Waals surface area contributed by atoms with E-state index >= 15 is 0 Å². The number of nitrogens with one attached hydrogen (secondary N) is 1. The van der Waals surface area contributed by atoms with E-state index in [2.05, 4.69) is 10.4 Å². The molecular formula is C10H14F3N3O. The minimum absolute atomic E-state index is 0.210. The molecule has 0 atom stereocenters. The number of aromatic nitrogens is 2. The maximum absolute atomic E-state index is 12.0. The van der Waals surface area contributed by atoms with Crippen LogP contribution in [-0.4, -0.2) is 21.9 Å². The summed E-state index contributed by atoms with van der Waals surface area (Å²) in [6.45, 7) is 0.798. The third kappa shape index (κ3) is 5.37. The molecule has 1 N–H and O–H groups in total. The van der Waals surface area contributed by atoms with E-state index in [1.807, 2.05) is 6.92 Å². The van der Waals surface area contributed by atoms with Crippen LogP contribution in [-0.2, 0) is 11.3 Å². The van der Waals surface area contributed by atoms with Crippen molar-refractivity contribution < 1.29 is 18.0 Å². The molecule has 1 aromatic heterocycles. The van der Waals surface area contributed by atoms with Crippen LogP contribution in [0.5, 0.6) is 0 Å². The fourth-order valence-electron chi connectivity index (χ4n) is 1.26. The number of carbonyl (C=O) groups is 1. The second-order valence-corrected chi connectivity index (χ2v) is 3.69. The van der Waals surface area contributed by atoms with Crippen LogP contribution in [0.4, 0.5) is 18.9 Å². The van der Waals surface area contributed by atoms with Crippen molar-refractivity contribution in [3.05, 3.63) is 12.4 Å². The quantitative estimate of drug-likeness (QED) is 0.871. The van der Waals surface area contributed by atoms with Gasteiger partial charge in [-0.15, -0.1) is 0 Å². The van der Waals surface area contributed by atoms with Crippen LogP contribution in [0, 0.1) is 0 Å². The lowest BCUT2D eigenvalue weighted by atomic mass is 10.2. The molecule has 1 aromatic rings. The van der Waals surface area contributed by atoms with Gasteiger partial charge in [-0.3, -0.25) is 9.48 Å². The Hall–Kier alpha value is -1.53. The fraction of sp³-hybridized carbons (Fsp3) is 0.600. The molecule has 0 fully saturated rings. The first-order valence-corrected chi connectivity index (χ1v) is 5.30. The molecule has 0 unspecified atom stereocenters. The summed E-state index contributed by atoms with van der Waals surface area (Å²) in [7, 11) is 0. The van der Waals surface area contributed by atoms with Crippen molar-refractivity contribution in [2.45, 2.75) is 38.9 Å². The second-order valence-electron chi connectivity index (χ2n) is 3.69. The van der Waals surface area contributed by atoms with Crippen molar-refractivity contribution in [2.24, 2.45) is 0 Å². The van der Waals surface area contributed by atoms with E-state index < -0.39 is 12.7 Å². The van der Waals surface area contributed by atoms with E-state index in [4.69, 9.17) is 0 Å². The Balaban J connectivity index is 2.48. The number of amides is 1. The van der Waals surface area contributed by atoms with Crippen LogP contribution in [0.1, 0.15) is 26.2 Å². The Morgan fingerprint density at radius 3 is 2.82 bits per heavy atom. The van der Waals surface area contributed by atoms with Crippen LogP contribution >= 0.6 is 0 Å². The molecule has 7 heteroatoms. The molecule has 17 heavy (non-hydrogen) atoms. The van der Waals surface area contributed by atoms with E-state index in [1.165, 1.54) is 6.20 Å². The topological polar surface area (TPSA) is 46.9 Å². The van der Waals surface area contributed by atoms with Crippen LogP contribution in [0.15, 0.2) is 12.4 Å². The van der Waals surface area contributed by atoms with Crippen molar-refractivity contribution in [2.75, 3.05) is 5.32 Å². The first-order chi connectivity index (χ1) is 7.90. The highest BCUT2D eigenvalue weighted by atomic mass is 19.4. The Kier molecular flexibility index (Phi) is 4.53. The maximum atomic E-state index is 12.0. The Morgan fingerprint density at radius 2 is 2.24 bits per heavy atom. The van der Waals surface area contributed by atoms with Gasteiger partial charge in [-0.1, -0.05) is 13.3 Å². The zero-order chi connectivity index (χ0) is 12.9. The van der Waals surface area contributed by atoms with Gasteiger partial charge in [0.25, 0.3) is 0 Å². The summed E-state index contributed by atoms with van der Waals surface area (Å²) in [5, 5.41) is 6.01. The number of unbranched alkanes of at least 4 members (excludes halogenated alkanes) is 1. The third-order valence-electron chi connectivity index (χ3n) is 2.02. The van der Waals surface area contributed by atoms with Crippen LogP contribution < -0.4 is 5.32 Å². The lowest BCUT2D eigenvalue weighted by molar-refractivity contribution is -0.142. The van der Waals surface area contributed by atoms with Crippen molar-refractivity contribution >= 4 is 11.6 Å². The summed E-state index contributed by atoms with van der Waals surface area (Å²) in [6, 6.07) is 0. The standard InChI is InChI=1S/C10H14F3N3O/c1-2-3-4-9(17)15-8-5-14-16(6-8)7-10(11,12)13/h5-6H,2-4,7H2,1H3,(H,15,17). The van der Waals surface area contributed by atoms with Gasteiger partial charge in [0.1, 0.15) is 6.54 Å². The largest absolute Gasteiger partial charge is 0.408 e. The van der Waals surface area contributed by atoms with Gasteiger partial charge < -0.3 is 5.32 Å². The van der Waals surface area contributed by atoms with Gasteiger partial charge in [0.2, 0.25) is 5.91 Å². The molecule has 96 valence electrons. The molecule has 0 radical (unpaired) electrons. The number of alkyl halides is 3. The zero-order valence-corrected chi connectivity index (χ0v) is 9.42. The lowest BCUT2D eigenvalue weighted by Gasteiger charge is -2.05. The molecule has 1 amide bonds. The van der Waals surface area contributed by atoms with Gasteiger partial charge in [0.05, 0.1) is 11.9 Å². The minimum atomic E-state index is -4.31. The van der Waals surface area contributed by atoms with E-state index in [-0.39, 0.29) is 11.6 Å². The van der Waals surface area contributed by atoms with Gasteiger partial charge >= 0.3 is 6.18 Å². The third-order valence-corrected chi connectivity index (χ3v) is 2.02. The molecule has 0 aliphatic carbocycles. The first kappa shape index (κ1) is 13.5. The van der Waals surface area contributed by atoms with Crippen molar-refractivity contribution in [3.63, 3.8) is 0 Å². The molecule has 0 aliphatic heterocycles. The van der Waals surface area contributed by atoms with Gasteiger partial charge in [0.15, 0.2) is 0 Å². The molecule has 1 heterocycles. The average Bonchev–Trinajstić information content (AvgIpc) is 2.59. The first-order valence-electron chi connectivity index (χ1n) is 5.30. The molecule has 0 aliphatic rings. The zero-order valence-electron chi connectivity index (χ0n) is 9.42. The van der Waals surface area contributed by atoms with E-state index in [0.29, 0.717) is 6.42 Å². The Morgan fingerprint density at radius 1 is 1.53 bits per heavy atom. The number of hydrogen-bond acceptors (Lipinski definition) is 2. The summed E-state index contributed by atoms with van der Waals surface area (Å²) < 4.78 is 36.8. The molecule has 1 rings (SSSR count). The molecule has 0 saturated carbocycles. The Bertz CT molecular complexity index is 373. The van der Waals surface area contributed by atoms with Crippen LogP contribution in [0.3, 0.4) is 0 Å². The number of carbonyl (C=O) groups excluding carboxylic acids is 1. The highest BCUT2D eigenvalue weighted by Crippen LogP contribution is 2.18. The molecule has 0 bridgehead atoms. The summed E-state index contributed by atoms with van der Waals surface area (Å²) in [4.78, 5) is 11.3. The van der Waals surface area contributed by atoms with Crippen LogP contribution in [0.2, 0.25) is 0 Å². The molecule has 0 saturated heterocycles. The second kappa shape index (κ2) is 5.70. The highest BCUT2D eigenvalue weighted by molar-refractivity contribution is 5.90. The Labute approximate surface area is 96.8 Å². The molecule has 0 spiro atoms. The van der Waals surface area contributed by atoms with Gasteiger partial charge in [0, 0.05) is 12.6 Å². The number of hydrogen-bond donors (Lipinski definition) is 1. The summed E-state index contributed by atoms with van der Waals surface area (Å²) in [5.41, 5.74) is 0.287. The van der Waals surface area contributed by atoms with Crippen LogP contribution in [0.25, 0.3) is 0 Å². The smallest absolute Gasteiger partial charge is 0.323 e. The molecule has 0 aromatic carbocycles. The summed E-state index contributed by atoms with van der Waals surface area (Å²) in [5.74, 6) is -0.210. The lowest BCUT2D eigenvalue weighted by Crippen LogP contribution is -2.17. The number of halogens is 3. The van der Waals surface area contributed by atoms with Crippen molar-refractivity contribution in [1.29, 1.82) is 0 Å². The summed E-state index contributed by atoms with van der Waals surface area (Å²) >= 11 is 0. The summed E-state index contributed by atoms with van der Waals surface area (Å²) in [6.07, 6.45) is 0.0622. The van der Waals surface area contributed by atoms with Crippen molar-refractivity contribution in [1.82, 2.24) is 9.78 Å². The monoisotopic (exact) mass is 249 g/mol. The molecule has 4 nitrogen and oxygen atoms in total. The average molecular weight is 249 g/mol. The van der Waals surface area contributed by atoms with Gasteiger partial charge in [-0.05, 0) is 6.42 Å². The number of anilines is 1. The van der Waals surface area contributed by atoms with Gasteiger partial charge in [-0.2, -0.15) is 18.3 Å². The SMILES string of the molecule is CCCCC(=O)Nc1cnn(CC(F)(F)F)c1. The predicted molar refractivity (Wildman–Crippen MR) is 56.4 cm³/mol. The number of rotatable bonds is 5. The van der Waals surface area contributed by atoms with E-state index in [0.717, 1.165) is 23.7 Å². The van der Waals surface area contributed by atoms with Gasteiger partial charge in [-0.25, -0.2) is 0 Å². The maximum Gasteiger partial charge on any atom is 0.408 e. The van der Waals surface area contributed by atoms with Crippen molar-refractivity contribution in [3.8, 4) is 0 Å². The predicted octanol–water partition coefficient (Wildman–Crippen LogP) is 2.57. The van der Waals surface area contributed by atoms with E-state index in [1.54, 1.807) is 0 Å². The molecular weight excluding hydrogens is 235 g/mol. The van der Waals surface area contributed by atoms with E-state index in [9.17, 15) is 18.0 Å². The fourth-order valence-corrected chi connectivity index (χ4v) is 1.26.